The molecule has 2 aliphatic rings. The Morgan fingerprint density at radius 1 is 1.23 bits per heavy atom. The first kappa shape index (κ1) is 17.0. The predicted octanol–water partition coefficient (Wildman–Crippen LogP) is 2.02. The summed E-state index contributed by atoms with van der Waals surface area (Å²) in [4.78, 5) is 15.0. The number of carbonyl (C=O) groups excluding carboxylic acids is 1. The number of nitrogens with one attached hydrogen (secondary N) is 1. The van der Waals surface area contributed by atoms with Crippen LogP contribution in [0.2, 0.25) is 0 Å². The molecule has 2 fully saturated rings. The van der Waals surface area contributed by atoms with E-state index in [1.54, 1.807) is 7.11 Å². The largest absolute Gasteiger partial charge is 0.497 e. The van der Waals surface area contributed by atoms with E-state index in [1.165, 1.54) is 0 Å². The minimum absolute atomic E-state index is 0.0245. The second-order valence-electron chi connectivity index (χ2n) is 7.08. The van der Waals surface area contributed by atoms with Gasteiger partial charge >= 0.3 is 0 Å². The number of benzene rings is 1. The molecule has 0 atom stereocenters. The molecular formula is C19H25N5O2. The summed E-state index contributed by atoms with van der Waals surface area (Å²) >= 11 is 0. The van der Waals surface area contributed by atoms with Crippen LogP contribution in [0.4, 0.5) is 0 Å². The van der Waals surface area contributed by atoms with Gasteiger partial charge in [0.15, 0.2) is 5.69 Å². The maximum atomic E-state index is 13.0. The van der Waals surface area contributed by atoms with Gasteiger partial charge in [0.05, 0.1) is 19.3 Å². The average Bonchev–Trinajstić information content (AvgIpc) is 3.42. The van der Waals surface area contributed by atoms with E-state index in [4.69, 9.17) is 4.74 Å². The van der Waals surface area contributed by atoms with Crippen LogP contribution in [0.5, 0.6) is 5.75 Å². The maximum Gasteiger partial charge on any atom is 0.276 e. The number of ether oxygens (including phenoxy) is 1. The molecule has 26 heavy (non-hydrogen) atoms. The van der Waals surface area contributed by atoms with Crippen LogP contribution in [0.3, 0.4) is 0 Å². The Hall–Kier alpha value is -2.41. The molecule has 2 heterocycles. The van der Waals surface area contributed by atoms with Crippen molar-refractivity contribution in [3.63, 3.8) is 0 Å². The molecule has 1 amide bonds. The molecule has 0 bridgehead atoms. The van der Waals surface area contributed by atoms with E-state index in [9.17, 15) is 4.79 Å². The highest BCUT2D eigenvalue weighted by molar-refractivity contribution is 5.92. The Kier molecular flexibility index (Phi) is 4.88. The molecule has 2 aromatic rings. The zero-order chi connectivity index (χ0) is 17.9. The van der Waals surface area contributed by atoms with Gasteiger partial charge in [0, 0.05) is 12.6 Å². The van der Waals surface area contributed by atoms with Crippen molar-refractivity contribution in [3.05, 3.63) is 41.7 Å². The molecule has 1 aliphatic carbocycles. The predicted molar refractivity (Wildman–Crippen MR) is 97.1 cm³/mol. The minimum Gasteiger partial charge on any atom is -0.497 e. The lowest BCUT2D eigenvalue weighted by atomic mass is 10.1. The monoisotopic (exact) mass is 355 g/mol. The van der Waals surface area contributed by atoms with E-state index in [1.807, 2.05) is 40.0 Å². The number of methoxy groups -OCH3 is 1. The highest BCUT2D eigenvalue weighted by Crippen LogP contribution is 2.30. The van der Waals surface area contributed by atoms with E-state index in [2.05, 4.69) is 15.6 Å². The first-order valence-electron chi connectivity index (χ1n) is 9.31. The SMILES string of the molecule is COc1ccc(CN(C(=O)c2cn(C3CCNCC3)nn2)C2CC2)cc1. The summed E-state index contributed by atoms with van der Waals surface area (Å²) in [6.45, 7) is 2.56. The van der Waals surface area contributed by atoms with Crippen LogP contribution < -0.4 is 10.1 Å². The third-order valence-corrected chi connectivity index (χ3v) is 5.17. The van der Waals surface area contributed by atoms with Crippen LogP contribution in [0, 0.1) is 0 Å². The molecule has 0 spiro atoms. The molecule has 0 radical (unpaired) electrons. The first-order chi connectivity index (χ1) is 12.7. The average molecular weight is 355 g/mol. The number of aromatic nitrogens is 3. The number of carbonyl (C=O) groups is 1. The number of hydrogen-bond acceptors (Lipinski definition) is 5. The van der Waals surface area contributed by atoms with E-state index < -0.39 is 0 Å². The van der Waals surface area contributed by atoms with Crippen molar-refractivity contribution in [1.29, 1.82) is 0 Å². The fraction of sp³-hybridized carbons (Fsp3) is 0.526. The molecule has 1 saturated heterocycles. The van der Waals surface area contributed by atoms with Crippen molar-refractivity contribution in [2.75, 3.05) is 20.2 Å². The van der Waals surface area contributed by atoms with Gasteiger partial charge in [-0.25, -0.2) is 4.68 Å². The van der Waals surface area contributed by atoms with Crippen molar-refractivity contribution in [3.8, 4) is 5.75 Å². The Morgan fingerprint density at radius 3 is 2.62 bits per heavy atom. The molecular weight excluding hydrogens is 330 g/mol. The third-order valence-electron chi connectivity index (χ3n) is 5.17. The van der Waals surface area contributed by atoms with Gasteiger partial charge in [0.2, 0.25) is 0 Å². The van der Waals surface area contributed by atoms with Crippen LogP contribution in [-0.4, -0.2) is 52.0 Å². The molecule has 1 aromatic carbocycles. The summed E-state index contributed by atoms with van der Waals surface area (Å²) in [7, 11) is 1.65. The summed E-state index contributed by atoms with van der Waals surface area (Å²) in [5.74, 6) is 0.798. The van der Waals surface area contributed by atoms with Gasteiger partial charge in [0.25, 0.3) is 5.91 Å². The molecule has 0 unspecified atom stereocenters. The van der Waals surface area contributed by atoms with Gasteiger partial charge in [-0.3, -0.25) is 4.79 Å². The smallest absolute Gasteiger partial charge is 0.276 e. The summed E-state index contributed by atoms with van der Waals surface area (Å²) in [6, 6.07) is 8.52. The highest BCUT2D eigenvalue weighted by Gasteiger charge is 2.34. The van der Waals surface area contributed by atoms with Gasteiger partial charge in [-0.15, -0.1) is 5.10 Å². The van der Waals surface area contributed by atoms with Crippen LogP contribution in [0.15, 0.2) is 30.5 Å². The lowest BCUT2D eigenvalue weighted by Gasteiger charge is -2.22. The second kappa shape index (κ2) is 7.45. The quantitative estimate of drug-likeness (QED) is 0.858. The van der Waals surface area contributed by atoms with Crippen molar-refractivity contribution < 1.29 is 9.53 Å². The van der Waals surface area contributed by atoms with Gasteiger partial charge in [0.1, 0.15) is 5.75 Å². The van der Waals surface area contributed by atoms with E-state index in [0.29, 0.717) is 24.3 Å². The summed E-state index contributed by atoms with van der Waals surface area (Å²) in [5, 5.41) is 11.7. The lowest BCUT2D eigenvalue weighted by molar-refractivity contribution is 0.0723. The molecule has 138 valence electrons. The fourth-order valence-electron chi connectivity index (χ4n) is 3.45. The maximum absolute atomic E-state index is 13.0. The number of rotatable bonds is 6. The summed E-state index contributed by atoms with van der Waals surface area (Å²) in [6.07, 6.45) is 5.99. The van der Waals surface area contributed by atoms with Gasteiger partial charge < -0.3 is 15.0 Å². The van der Waals surface area contributed by atoms with Crippen molar-refractivity contribution in [2.24, 2.45) is 0 Å². The topological polar surface area (TPSA) is 72.3 Å². The van der Waals surface area contributed by atoms with Crippen LogP contribution in [0.25, 0.3) is 0 Å². The highest BCUT2D eigenvalue weighted by atomic mass is 16.5. The Balaban J connectivity index is 1.47. The molecule has 1 saturated carbocycles. The Labute approximate surface area is 153 Å². The molecule has 4 rings (SSSR count). The van der Waals surface area contributed by atoms with Crippen LogP contribution in [0.1, 0.15) is 47.8 Å². The number of hydrogen-bond donors (Lipinski definition) is 1. The Bertz CT molecular complexity index is 748. The number of amides is 1. The lowest BCUT2D eigenvalue weighted by Crippen LogP contribution is -2.33. The molecule has 7 nitrogen and oxygen atoms in total. The second-order valence-corrected chi connectivity index (χ2v) is 7.08. The number of piperidine rings is 1. The molecule has 1 aromatic heterocycles. The van der Waals surface area contributed by atoms with Gasteiger partial charge in [-0.05, 0) is 56.5 Å². The van der Waals surface area contributed by atoms with Crippen LogP contribution >= 0.6 is 0 Å². The summed E-state index contributed by atoms with van der Waals surface area (Å²) < 4.78 is 7.07. The zero-order valence-electron chi connectivity index (χ0n) is 15.1. The third kappa shape index (κ3) is 3.72. The summed E-state index contributed by atoms with van der Waals surface area (Å²) in [5.41, 5.74) is 1.54. The van der Waals surface area contributed by atoms with Gasteiger partial charge in [-0.2, -0.15) is 0 Å². The standard InChI is InChI=1S/C19H25N5O2/c1-26-17-6-2-14(3-7-17)12-23(15-4-5-15)19(25)18-13-24(22-21-18)16-8-10-20-11-9-16/h2-3,6-7,13,15-16,20H,4-5,8-12H2,1H3. The molecule has 1 aliphatic heterocycles. The zero-order valence-corrected chi connectivity index (χ0v) is 15.1. The molecule has 7 heteroatoms. The first-order valence-corrected chi connectivity index (χ1v) is 9.31. The minimum atomic E-state index is -0.0245. The van der Waals surface area contributed by atoms with Crippen LogP contribution in [-0.2, 0) is 6.54 Å². The van der Waals surface area contributed by atoms with E-state index in [0.717, 1.165) is 50.1 Å². The Morgan fingerprint density at radius 2 is 1.96 bits per heavy atom. The van der Waals surface area contributed by atoms with E-state index >= 15 is 0 Å². The normalized spacial score (nSPS) is 17.9. The van der Waals surface area contributed by atoms with Crippen molar-refractivity contribution in [2.45, 2.75) is 44.3 Å². The fourth-order valence-corrected chi connectivity index (χ4v) is 3.45. The number of nitrogens with zero attached hydrogens (tertiary/aromatic N) is 4. The van der Waals surface area contributed by atoms with Crippen molar-refractivity contribution in [1.82, 2.24) is 25.2 Å². The molecule has 1 N–H and O–H groups in total. The van der Waals surface area contributed by atoms with Crippen molar-refractivity contribution >= 4 is 5.91 Å². The van der Waals surface area contributed by atoms with E-state index in [-0.39, 0.29) is 5.91 Å². The van der Waals surface area contributed by atoms with Gasteiger partial charge in [-0.1, -0.05) is 17.3 Å².